The van der Waals surface area contributed by atoms with Gasteiger partial charge in [0, 0.05) is 56.4 Å². The van der Waals surface area contributed by atoms with E-state index >= 15 is 0 Å². The molecule has 1 aromatic carbocycles. The number of para-hydroxylation sites is 2. The van der Waals surface area contributed by atoms with Gasteiger partial charge in [-0.3, -0.25) is 33.9 Å². The monoisotopic (exact) mass is 428 g/mol. The molecule has 1 aliphatic heterocycles. The lowest BCUT2D eigenvalue weighted by molar-refractivity contribution is -0.383. The van der Waals surface area contributed by atoms with Crippen LogP contribution in [-0.2, 0) is 11.3 Å². The lowest BCUT2D eigenvalue weighted by atomic mass is 10.2. The summed E-state index contributed by atoms with van der Waals surface area (Å²) in [5.41, 5.74) is 0.737. The molecule has 156 valence electrons. The first-order valence-corrected chi connectivity index (χ1v) is 10.3. The summed E-state index contributed by atoms with van der Waals surface area (Å²) in [6.45, 7) is 3.60. The number of piperazine rings is 1. The summed E-state index contributed by atoms with van der Waals surface area (Å²) in [7, 11) is 0. The normalized spacial score (nSPS) is 15.3. The molecule has 1 saturated heterocycles. The Morgan fingerprint density at radius 2 is 1.93 bits per heavy atom. The van der Waals surface area contributed by atoms with E-state index in [4.69, 9.17) is 0 Å². The largest absolute Gasteiger partial charge is 0.319 e. The average molecular weight is 428 g/mol. The van der Waals surface area contributed by atoms with E-state index in [1.54, 1.807) is 24.4 Å². The molecule has 0 unspecified atom stereocenters. The topological polar surface area (TPSA) is 113 Å². The maximum Gasteiger partial charge on any atom is 0.292 e. The van der Waals surface area contributed by atoms with E-state index in [-0.39, 0.29) is 29.4 Å². The van der Waals surface area contributed by atoms with Crippen LogP contribution in [0.1, 0.15) is 5.69 Å². The Morgan fingerprint density at radius 3 is 2.70 bits per heavy atom. The van der Waals surface area contributed by atoms with Gasteiger partial charge in [0.05, 0.1) is 17.2 Å². The fourth-order valence-corrected chi connectivity index (χ4v) is 4.17. The van der Waals surface area contributed by atoms with Gasteiger partial charge in [0.25, 0.3) is 11.2 Å². The number of thiazole rings is 1. The minimum absolute atomic E-state index is 0.0819. The molecule has 3 heterocycles. The van der Waals surface area contributed by atoms with Crippen molar-refractivity contribution in [1.82, 2.24) is 19.2 Å². The Labute approximate surface area is 175 Å². The Bertz CT molecular complexity index is 1140. The molecule has 0 saturated carbocycles. The van der Waals surface area contributed by atoms with Crippen molar-refractivity contribution in [2.24, 2.45) is 0 Å². The summed E-state index contributed by atoms with van der Waals surface area (Å²) in [5.74, 6) is -0.282. The van der Waals surface area contributed by atoms with Crippen molar-refractivity contribution in [3.63, 3.8) is 0 Å². The van der Waals surface area contributed by atoms with E-state index in [1.165, 1.54) is 27.9 Å². The number of hydrogen-bond acceptors (Lipinski definition) is 8. The number of fused-ring (bicyclic) bond motifs is 1. The Kier molecular flexibility index (Phi) is 5.84. The quantitative estimate of drug-likeness (QED) is 0.467. The number of rotatable bonds is 6. The van der Waals surface area contributed by atoms with Crippen LogP contribution in [0.3, 0.4) is 0 Å². The summed E-state index contributed by atoms with van der Waals surface area (Å²) in [6, 6.07) is 7.66. The Hall–Kier alpha value is -3.15. The molecule has 0 spiro atoms. The van der Waals surface area contributed by atoms with Crippen molar-refractivity contribution >= 4 is 33.6 Å². The fourth-order valence-electron chi connectivity index (χ4n) is 3.43. The number of benzene rings is 1. The van der Waals surface area contributed by atoms with Crippen molar-refractivity contribution in [2.75, 3.05) is 38.0 Å². The molecule has 4 rings (SSSR count). The smallest absolute Gasteiger partial charge is 0.292 e. The van der Waals surface area contributed by atoms with Gasteiger partial charge in [0.2, 0.25) is 5.91 Å². The third kappa shape index (κ3) is 4.53. The van der Waals surface area contributed by atoms with Gasteiger partial charge in [-0.2, -0.15) is 0 Å². The van der Waals surface area contributed by atoms with E-state index in [0.717, 1.165) is 18.8 Å². The zero-order valence-corrected chi connectivity index (χ0v) is 16.9. The van der Waals surface area contributed by atoms with Gasteiger partial charge < -0.3 is 5.32 Å². The molecule has 0 atom stereocenters. The molecule has 2 aromatic heterocycles. The van der Waals surface area contributed by atoms with Gasteiger partial charge >= 0.3 is 0 Å². The van der Waals surface area contributed by atoms with Crippen molar-refractivity contribution in [1.29, 1.82) is 0 Å². The third-order valence-electron chi connectivity index (χ3n) is 4.95. The summed E-state index contributed by atoms with van der Waals surface area (Å²) >= 11 is 1.43. The fraction of sp³-hybridized carbons (Fsp3) is 0.316. The van der Waals surface area contributed by atoms with E-state index in [0.29, 0.717) is 24.6 Å². The molecular weight excluding hydrogens is 408 g/mol. The highest BCUT2D eigenvalue weighted by Crippen LogP contribution is 2.23. The van der Waals surface area contributed by atoms with Crippen molar-refractivity contribution < 1.29 is 9.72 Å². The zero-order valence-electron chi connectivity index (χ0n) is 16.1. The number of nitrogens with one attached hydrogen (secondary N) is 1. The predicted octanol–water partition coefficient (Wildman–Crippen LogP) is 1.42. The van der Waals surface area contributed by atoms with E-state index in [2.05, 4.69) is 15.2 Å². The van der Waals surface area contributed by atoms with Crippen LogP contribution in [0.15, 0.2) is 46.7 Å². The SMILES string of the molecule is O=C(CN1CCN(Cc2cc(=O)n3ccsc3n2)CC1)Nc1ccccc1[N+](=O)[O-]. The van der Waals surface area contributed by atoms with Gasteiger partial charge in [0.1, 0.15) is 5.69 Å². The first-order chi connectivity index (χ1) is 14.5. The van der Waals surface area contributed by atoms with Gasteiger partial charge in [-0.25, -0.2) is 4.98 Å². The number of aromatic nitrogens is 2. The molecule has 10 nitrogen and oxygen atoms in total. The van der Waals surface area contributed by atoms with Crippen LogP contribution < -0.4 is 10.9 Å². The third-order valence-corrected chi connectivity index (χ3v) is 5.71. The van der Waals surface area contributed by atoms with Crippen LogP contribution in [-0.4, -0.2) is 62.7 Å². The van der Waals surface area contributed by atoms with E-state index in [1.807, 2.05) is 10.3 Å². The van der Waals surface area contributed by atoms with Crippen LogP contribution in [0.5, 0.6) is 0 Å². The summed E-state index contributed by atoms with van der Waals surface area (Å²) in [5, 5.41) is 15.5. The molecule has 0 bridgehead atoms. The first kappa shape index (κ1) is 20.1. The van der Waals surface area contributed by atoms with Crippen LogP contribution in [0.25, 0.3) is 4.96 Å². The molecule has 1 fully saturated rings. The minimum Gasteiger partial charge on any atom is -0.319 e. The minimum atomic E-state index is -0.512. The maximum atomic E-state index is 12.3. The number of nitrogens with zero attached hydrogens (tertiary/aromatic N) is 5. The summed E-state index contributed by atoms with van der Waals surface area (Å²) in [6.07, 6.45) is 1.72. The lowest BCUT2D eigenvalue weighted by Gasteiger charge is -2.34. The second-order valence-electron chi connectivity index (χ2n) is 7.02. The number of carbonyl (C=O) groups is 1. The van der Waals surface area contributed by atoms with Crippen molar-refractivity contribution in [3.05, 3.63) is 68.1 Å². The van der Waals surface area contributed by atoms with Gasteiger partial charge in [-0.15, -0.1) is 11.3 Å². The maximum absolute atomic E-state index is 12.3. The molecule has 1 aliphatic rings. The van der Waals surface area contributed by atoms with E-state index < -0.39 is 4.92 Å². The van der Waals surface area contributed by atoms with Crippen LogP contribution in [0, 0.1) is 10.1 Å². The van der Waals surface area contributed by atoms with Crippen LogP contribution in [0.2, 0.25) is 0 Å². The molecule has 1 amide bonds. The predicted molar refractivity (Wildman–Crippen MR) is 113 cm³/mol. The van der Waals surface area contributed by atoms with Gasteiger partial charge in [-0.05, 0) is 6.07 Å². The van der Waals surface area contributed by atoms with Crippen molar-refractivity contribution in [2.45, 2.75) is 6.54 Å². The molecular formula is C19H20N6O4S. The van der Waals surface area contributed by atoms with Crippen LogP contribution in [0.4, 0.5) is 11.4 Å². The van der Waals surface area contributed by atoms with Gasteiger partial charge in [-0.1, -0.05) is 12.1 Å². The van der Waals surface area contributed by atoms with Crippen molar-refractivity contribution in [3.8, 4) is 0 Å². The lowest BCUT2D eigenvalue weighted by Crippen LogP contribution is -2.48. The highest BCUT2D eigenvalue weighted by Gasteiger charge is 2.21. The molecule has 11 heteroatoms. The second kappa shape index (κ2) is 8.69. The number of amides is 1. The number of nitro groups is 1. The van der Waals surface area contributed by atoms with Gasteiger partial charge in [0.15, 0.2) is 4.96 Å². The molecule has 3 aromatic rings. The molecule has 0 radical (unpaired) electrons. The number of nitro benzene ring substituents is 1. The number of carbonyl (C=O) groups excluding carboxylic acids is 1. The zero-order chi connectivity index (χ0) is 21.1. The average Bonchev–Trinajstić information content (AvgIpc) is 3.19. The number of anilines is 1. The Morgan fingerprint density at radius 1 is 1.20 bits per heavy atom. The highest BCUT2D eigenvalue weighted by atomic mass is 32.1. The van der Waals surface area contributed by atoms with Crippen LogP contribution >= 0.6 is 11.3 Å². The highest BCUT2D eigenvalue weighted by molar-refractivity contribution is 7.15. The van der Waals surface area contributed by atoms with E-state index in [9.17, 15) is 19.7 Å². The second-order valence-corrected chi connectivity index (χ2v) is 7.89. The summed E-state index contributed by atoms with van der Waals surface area (Å²) < 4.78 is 1.53. The molecule has 30 heavy (non-hydrogen) atoms. The Balaban J connectivity index is 1.29. The molecule has 1 N–H and O–H groups in total. The number of hydrogen-bond donors (Lipinski definition) is 1. The standard InChI is InChI=1S/C19H20N6O4S/c26-17(21-15-3-1-2-4-16(15)25(28)29)13-23-7-5-22(6-8-23)12-14-11-18(27)24-9-10-30-19(24)20-14/h1-4,9-11H,5-8,12-13H2,(H,21,26). The first-order valence-electron chi connectivity index (χ1n) is 9.43. The summed E-state index contributed by atoms with van der Waals surface area (Å²) in [4.78, 5) is 44.4. The molecule has 0 aliphatic carbocycles.